The molecule has 2 fully saturated rings. The van der Waals surface area contributed by atoms with E-state index in [-0.39, 0.29) is 23.8 Å². The van der Waals surface area contributed by atoms with E-state index in [0.29, 0.717) is 47.7 Å². The SMILES string of the molecule is C[C@@H]1CN(c2ncc(Cl)c(Nc3ccc4c(c3)CC(=O)N4C)n2)CC[C@@H]1Nc1ccc2c(C3CCC(=O)NC3=O)nn(C)c2c1. The van der Waals surface area contributed by atoms with E-state index in [0.717, 1.165) is 53.0 Å². The minimum Gasteiger partial charge on any atom is -0.382 e. The van der Waals surface area contributed by atoms with Crippen LogP contribution in [0.2, 0.25) is 5.02 Å². The number of imide groups is 1. The highest BCUT2D eigenvalue weighted by Crippen LogP contribution is 2.34. The number of anilines is 5. The summed E-state index contributed by atoms with van der Waals surface area (Å²) in [5, 5.41) is 15.5. The van der Waals surface area contributed by atoms with Gasteiger partial charge in [-0.15, -0.1) is 0 Å². The molecule has 0 saturated carbocycles. The second-order valence-electron chi connectivity index (χ2n) is 12.2. The zero-order valence-corrected chi connectivity index (χ0v) is 26.1. The Morgan fingerprint density at radius 2 is 1.87 bits per heavy atom. The third-order valence-corrected chi connectivity index (χ3v) is 9.42. The van der Waals surface area contributed by atoms with Crippen molar-refractivity contribution < 1.29 is 14.4 Å². The number of hydrogen-bond acceptors (Lipinski definition) is 9. The number of halogens is 1. The molecule has 13 heteroatoms. The predicted molar refractivity (Wildman–Crippen MR) is 173 cm³/mol. The minimum atomic E-state index is -0.429. The molecule has 3 N–H and O–H groups in total. The van der Waals surface area contributed by atoms with E-state index in [1.807, 2.05) is 37.4 Å². The highest BCUT2D eigenvalue weighted by molar-refractivity contribution is 6.32. The number of aromatic nitrogens is 4. The van der Waals surface area contributed by atoms with Crippen LogP contribution in [0.3, 0.4) is 0 Å². The van der Waals surface area contributed by atoms with E-state index in [9.17, 15) is 14.4 Å². The monoisotopic (exact) mass is 627 g/mol. The molecule has 4 aromatic rings. The highest BCUT2D eigenvalue weighted by Gasteiger charge is 2.32. The molecule has 3 aliphatic heterocycles. The molecule has 0 spiro atoms. The van der Waals surface area contributed by atoms with Gasteiger partial charge >= 0.3 is 0 Å². The number of amides is 3. The Kier molecular flexibility index (Phi) is 7.31. The number of carbonyl (C=O) groups is 3. The van der Waals surface area contributed by atoms with Crippen LogP contribution < -0.4 is 25.8 Å². The molecule has 3 atom stereocenters. The summed E-state index contributed by atoms with van der Waals surface area (Å²) in [6, 6.07) is 12.2. The molecule has 0 radical (unpaired) electrons. The number of rotatable bonds is 6. The summed E-state index contributed by atoms with van der Waals surface area (Å²) in [4.78, 5) is 49.4. The van der Waals surface area contributed by atoms with Crippen molar-refractivity contribution >= 4 is 69.1 Å². The molecule has 2 aromatic carbocycles. The summed E-state index contributed by atoms with van der Waals surface area (Å²) >= 11 is 6.48. The van der Waals surface area contributed by atoms with Crippen molar-refractivity contribution in [3.8, 4) is 0 Å². The largest absolute Gasteiger partial charge is 0.382 e. The first-order valence-corrected chi connectivity index (χ1v) is 15.5. The Morgan fingerprint density at radius 3 is 2.67 bits per heavy atom. The summed E-state index contributed by atoms with van der Waals surface area (Å²) < 4.78 is 1.80. The number of piperidine rings is 2. The quantitative estimate of drug-likeness (QED) is 0.270. The molecule has 232 valence electrons. The van der Waals surface area contributed by atoms with Crippen LogP contribution in [-0.2, 0) is 27.9 Å². The molecule has 2 aromatic heterocycles. The number of benzene rings is 2. The Bertz CT molecular complexity index is 1860. The highest BCUT2D eigenvalue weighted by atomic mass is 35.5. The van der Waals surface area contributed by atoms with Crippen molar-refractivity contribution in [3.05, 3.63) is 58.9 Å². The fraction of sp³-hybridized carbons (Fsp3) is 0.375. The van der Waals surface area contributed by atoms with Crippen molar-refractivity contribution in [2.75, 3.05) is 40.6 Å². The Hall–Kier alpha value is -4.71. The zero-order chi connectivity index (χ0) is 31.4. The topological polar surface area (TPSA) is 137 Å². The lowest BCUT2D eigenvalue weighted by Gasteiger charge is -2.37. The number of aryl methyl sites for hydroxylation is 1. The van der Waals surface area contributed by atoms with Crippen LogP contribution in [0.15, 0.2) is 42.6 Å². The molecule has 2 saturated heterocycles. The van der Waals surface area contributed by atoms with Gasteiger partial charge in [0.25, 0.3) is 0 Å². The Balaban J connectivity index is 1.02. The maximum atomic E-state index is 12.5. The van der Waals surface area contributed by atoms with Gasteiger partial charge in [0.15, 0.2) is 5.82 Å². The molecule has 12 nitrogen and oxygen atoms in total. The first-order valence-electron chi connectivity index (χ1n) is 15.2. The lowest BCUT2D eigenvalue weighted by Crippen LogP contribution is -2.46. The van der Waals surface area contributed by atoms with E-state index in [2.05, 4.69) is 43.9 Å². The summed E-state index contributed by atoms with van der Waals surface area (Å²) in [7, 11) is 3.66. The van der Waals surface area contributed by atoms with Gasteiger partial charge in [0.1, 0.15) is 5.02 Å². The van der Waals surface area contributed by atoms with Gasteiger partial charge < -0.3 is 20.4 Å². The number of likely N-dealkylation sites (N-methyl/N-ethyl adjacent to an activating group) is 1. The Morgan fingerprint density at radius 1 is 1.04 bits per heavy atom. The minimum absolute atomic E-state index is 0.0768. The normalized spacial score (nSPS) is 21.7. The number of hydrogen-bond donors (Lipinski definition) is 3. The van der Waals surface area contributed by atoms with Gasteiger partial charge in [-0.2, -0.15) is 10.1 Å². The molecule has 0 bridgehead atoms. The summed E-state index contributed by atoms with van der Waals surface area (Å²) in [6.07, 6.45) is 3.67. The smallest absolute Gasteiger partial charge is 0.235 e. The van der Waals surface area contributed by atoms with Gasteiger partial charge in [-0.3, -0.25) is 24.4 Å². The molecule has 45 heavy (non-hydrogen) atoms. The third-order valence-electron chi connectivity index (χ3n) is 9.14. The van der Waals surface area contributed by atoms with E-state index >= 15 is 0 Å². The molecular weight excluding hydrogens is 594 g/mol. The number of nitrogens with zero attached hydrogens (tertiary/aromatic N) is 6. The van der Waals surface area contributed by atoms with Gasteiger partial charge in [0.2, 0.25) is 23.7 Å². The number of carbonyl (C=O) groups excluding carboxylic acids is 3. The van der Waals surface area contributed by atoms with Crippen molar-refractivity contribution in [3.63, 3.8) is 0 Å². The zero-order valence-electron chi connectivity index (χ0n) is 25.3. The van der Waals surface area contributed by atoms with Crippen LogP contribution in [0.4, 0.5) is 28.8 Å². The van der Waals surface area contributed by atoms with Crippen LogP contribution >= 0.6 is 11.6 Å². The molecule has 1 unspecified atom stereocenters. The average molecular weight is 628 g/mol. The average Bonchev–Trinajstić information content (AvgIpc) is 3.49. The van der Waals surface area contributed by atoms with Gasteiger partial charge in [-0.1, -0.05) is 18.5 Å². The van der Waals surface area contributed by atoms with Gasteiger partial charge in [-0.05, 0) is 60.7 Å². The maximum Gasteiger partial charge on any atom is 0.235 e. The fourth-order valence-corrected chi connectivity index (χ4v) is 6.76. The Labute approximate surface area is 265 Å². The molecular formula is C32H34ClN9O3. The second kappa shape index (κ2) is 11.3. The molecule has 7 rings (SSSR count). The lowest BCUT2D eigenvalue weighted by atomic mass is 9.92. The van der Waals surface area contributed by atoms with Gasteiger partial charge in [0.05, 0.1) is 29.7 Å². The standard InChI is InChI=1S/C32H34ClN9O3/c1-17-16-42(32-34-15-23(33)30(38-32)36-19-5-8-25-18(12-19)13-28(44)40(25)2)11-10-24(17)35-20-4-6-21-26(14-20)41(3)39-29(21)22-7-9-27(43)37-31(22)45/h4-6,8,12,14-15,17,22,24,35H,7,9-11,13,16H2,1-3H3,(H,34,36,38)(H,37,43,45)/t17-,22?,24+/m1/s1. The summed E-state index contributed by atoms with van der Waals surface area (Å²) in [5.41, 5.74) is 5.33. The van der Waals surface area contributed by atoms with Crippen LogP contribution in [-0.4, -0.2) is 63.6 Å². The van der Waals surface area contributed by atoms with Crippen molar-refractivity contribution in [1.29, 1.82) is 0 Å². The first kappa shape index (κ1) is 29.0. The van der Waals surface area contributed by atoms with Crippen molar-refractivity contribution in [2.24, 2.45) is 13.0 Å². The number of fused-ring (bicyclic) bond motifs is 2. The summed E-state index contributed by atoms with van der Waals surface area (Å²) in [6.45, 7) is 3.75. The number of nitrogens with one attached hydrogen (secondary N) is 3. The molecule has 5 heterocycles. The van der Waals surface area contributed by atoms with Crippen molar-refractivity contribution in [1.82, 2.24) is 25.1 Å². The molecule has 0 aliphatic carbocycles. The van der Waals surface area contributed by atoms with E-state index < -0.39 is 5.92 Å². The predicted octanol–water partition coefficient (Wildman–Crippen LogP) is 4.13. The third kappa shape index (κ3) is 5.43. The lowest BCUT2D eigenvalue weighted by molar-refractivity contribution is -0.134. The van der Waals surface area contributed by atoms with Crippen LogP contribution in [0.25, 0.3) is 10.9 Å². The first-order chi connectivity index (χ1) is 21.6. The van der Waals surface area contributed by atoms with Crippen LogP contribution in [0, 0.1) is 5.92 Å². The maximum absolute atomic E-state index is 12.5. The molecule has 3 aliphatic rings. The van der Waals surface area contributed by atoms with Crippen LogP contribution in [0.1, 0.15) is 43.4 Å². The summed E-state index contributed by atoms with van der Waals surface area (Å²) in [5.74, 6) is 0.562. The van der Waals surface area contributed by atoms with Crippen LogP contribution in [0.5, 0.6) is 0 Å². The van der Waals surface area contributed by atoms with E-state index in [1.54, 1.807) is 22.8 Å². The van der Waals surface area contributed by atoms with Crippen molar-refractivity contribution in [2.45, 2.75) is 44.6 Å². The van der Waals surface area contributed by atoms with Gasteiger partial charge in [0, 0.05) is 62.1 Å². The second-order valence-corrected chi connectivity index (χ2v) is 12.6. The van der Waals surface area contributed by atoms with E-state index in [1.165, 1.54) is 0 Å². The molecule has 3 amide bonds. The fourth-order valence-electron chi connectivity index (χ4n) is 6.63. The van der Waals surface area contributed by atoms with Gasteiger partial charge in [-0.25, -0.2) is 4.98 Å². The van der Waals surface area contributed by atoms with E-state index in [4.69, 9.17) is 16.6 Å².